The second-order valence-corrected chi connectivity index (χ2v) is 6.73. The molecule has 1 rings (SSSR count). The molecule has 1 aliphatic rings. The molecule has 0 heterocycles. The van der Waals surface area contributed by atoms with Crippen molar-refractivity contribution in [1.29, 1.82) is 0 Å². The summed E-state index contributed by atoms with van der Waals surface area (Å²) in [5.74, 6) is 0.601. The molecule has 1 aliphatic carbocycles. The number of hydrogen-bond acceptors (Lipinski definition) is 4. The van der Waals surface area contributed by atoms with Crippen molar-refractivity contribution < 1.29 is 13.6 Å². The number of nitrogens with zero attached hydrogens (tertiary/aromatic N) is 2. The van der Waals surface area contributed by atoms with Gasteiger partial charge in [-0.25, -0.2) is 8.42 Å². The third kappa shape index (κ3) is 4.51. The lowest BCUT2D eigenvalue weighted by Crippen LogP contribution is -2.40. The molecule has 3 N–H and O–H groups in total. The summed E-state index contributed by atoms with van der Waals surface area (Å²) in [6.07, 6.45) is 2.26. The number of oxime groups is 1. The fourth-order valence-corrected chi connectivity index (χ4v) is 3.80. The highest BCUT2D eigenvalue weighted by molar-refractivity contribution is 7.89. The quantitative estimate of drug-likeness (QED) is 0.304. The molecule has 0 spiro atoms. The van der Waals surface area contributed by atoms with Crippen LogP contribution < -0.4 is 5.73 Å². The van der Waals surface area contributed by atoms with Gasteiger partial charge in [-0.05, 0) is 32.6 Å². The topological polar surface area (TPSA) is 96.0 Å². The van der Waals surface area contributed by atoms with Gasteiger partial charge in [0.05, 0.1) is 5.75 Å². The predicted molar refractivity (Wildman–Crippen MR) is 66.4 cm³/mol. The molecule has 6 nitrogen and oxygen atoms in total. The van der Waals surface area contributed by atoms with E-state index in [0.29, 0.717) is 5.92 Å². The zero-order valence-electron chi connectivity index (χ0n) is 10.3. The lowest BCUT2D eigenvalue weighted by molar-refractivity contribution is 0.313. The number of rotatable bonds is 7. The summed E-state index contributed by atoms with van der Waals surface area (Å²) in [4.78, 5) is 0. The highest BCUT2D eigenvalue weighted by Gasteiger charge is 2.33. The minimum Gasteiger partial charge on any atom is -0.409 e. The molecule has 0 bridgehead atoms. The second-order valence-electron chi connectivity index (χ2n) is 4.77. The van der Waals surface area contributed by atoms with Crippen molar-refractivity contribution in [2.75, 3.05) is 12.3 Å². The van der Waals surface area contributed by atoms with Crippen LogP contribution in [0.2, 0.25) is 0 Å². The Morgan fingerprint density at radius 3 is 2.53 bits per heavy atom. The lowest BCUT2D eigenvalue weighted by atomic mass is 10.3. The average Bonchev–Trinajstić information content (AvgIpc) is 2.99. The zero-order chi connectivity index (χ0) is 13.1. The highest BCUT2D eigenvalue weighted by Crippen LogP contribution is 2.31. The standard InChI is InChI=1S/C10H21N3O3S/c1-8(2)13(6-5-10(11)12-14)17(15,16)7-9-3-4-9/h8-9,14H,3-7H2,1-2H3,(H2,11,12). The van der Waals surface area contributed by atoms with Gasteiger partial charge >= 0.3 is 0 Å². The summed E-state index contributed by atoms with van der Waals surface area (Å²) in [7, 11) is -3.22. The van der Waals surface area contributed by atoms with Gasteiger partial charge in [-0.15, -0.1) is 0 Å². The lowest BCUT2D eigenvalue weighted by Gasteiger charge is -2.25. The maximum absolute atomic E-state index is 12.1. The molecule has 0 aromatic carbocycles. The van der Waals surface area contributed by atoms with Gasteiger partial charge in [0.2, 0.25) is 10.0 Å². The number of nitrogens with two attached hydrogens (primary N) is 1. The summed E-state index contributed by atoms with van der Waals surface area (Å²) >= 11 is 0. The third-order valence-electron chi connectivity index (χ3n) is 2.79. The molecule has 0 aliphatic heterocycles. The zero-order valence-corrected chi connectivity index (χ0v) is 11.2. The van der Waals surface area contributed by atoms with E-state index in [9.17, 15) is 8.42 Å². The Morgan fingerprint density at radius 2 is 2.12 bits per heavy atom. The van der Waals surface area contributed by atoms with Crippen molar-refractivity contribution in [3.8, 4) is 0 Å². The first-order valence-electron chi connectivity index (χ1n) is 5.82. The largest absolute Gasteiger partial charge is 0.409 e. The van der Waals surface area contributed by atoms with Gasteiger partial charge in [0.1, 0.15) is 5.84 Å². The van der Waals surface area contributed by atoms with Gasteiger partial charge in [0, 0.05) is 19.0 Å². The summed E-state index contributed by atoms with van der Waals surface area (Å²) in [6, 6.07) is -0.106. The second kappa shape index (κ2) is 5.68. The molecule has 0 radical (unpaired) electrons. The van der Waals surface area contributed by atoms with Crippen LogP contribution in [0.15, 0.2) is 5.16 Å². The van der Waals surface area contributed by atoms with E-state index in [2.05, 4.69) is 5.16 Å². The SMILES string of the molecule is CC(C)N(CCC(N)=NO)S(=O)(=O)CC1CC1. The molecular weight excluding hydrogens is 242 g/mol. The number of amidine groups is 1. The van der Waals surface area contributed by atoms with E-state index < -0.39 is 10.0 Å². The van der Waals surface area contributed by atoms with E-state index in [-0.39, 0.29) is 30.6 Å². The number of sulfonamides is 1. The van der Waals surface area contributed by atoms with E-state index in [1.807, 2.05) is 13.8 Å². The van der Waals surface area contributed by atoms with E-state index in [0.717, 1.165) is 12.8 Å². The fourth-order valence-electron chi connectivity index (χ4n) is 1.67. The molecule has 17 heavy (non-hydrogen) atoms. The van der Waals surface area contributed by atoms with E-state index >= 15 is 0 Å². The monoisotopic (exact) mass is 263 g/mol. The molecule has 1 fully saturated rings. The Kier molecular flexibility index (Phi) is 4.76. The molecule has 0 aromatic heterocycles. The van der Waals surface area contributed by atoms with Gasteiger partial charge in [-0.2, -0.15) is 4.31 Å². The average molecular weight is 263 g/mol. The van der Waals surface area contributed by atoms with Gasteiger partial charge in [0.15, 0.2) is 0 Å². The Balaban J connectivity index is 2.63. The minimum atomic E-state index is -3.22. The van der Waals surface area contributed by atoms with Crippen molar-refractivity contribution in [2.24, 2.45) is 16.8 Å². The summed E-state index contributed by atoms with van der Waals surface area (Å²) < 4.78 is 25.6. The molecule has 0 unspecified atom stereocenters. The molecule has 0 amide bonds. The first-order chi connectivity index (χ1) is 7.86. The van der Waals surface area contributed by atoms with Crippen molar-refractivity contribution in [3.05, 3.63) is 0 Å². The van der Waals surface area contributed by atoms with Crippen molar-refractivity contribution in [2.45, 2.75) is 39.2 Å². The maximum atomic E-state index is 12.1. The van der Waals surface area contributed by atoms with E-state index in [1.54, 1.807) is 0 Å². The van der Waals surface area contributed by atoms with Crippen LogP contribution in [0.1, 0.15) is 33.1 Å². The van der Waals surface area contributed by atoms with Crippen LogP contribution in [0.3, 0.4) is 0 Å². The molecule has 100 valence electrons. The van der Waals surface area contributed by atoms with Crippen LogP contribution in [-0.2, 0) is 10.0 Å². The summed E-state index contributed by atoms with van der Waals surface area (Å²) in [6.45, 7) is 3.93. The number of hydrogen-bond donors (Lipinski definition) is 2. The van der Waals surface area contributed by atoms with Crippen LogP contribution in [-0.4, -0.2) is 42.1 Å². The molecule has 0 aromatic rings. The summed E-state index contributed by atoms with van der Waals surface area (Å²) in [5, 5.41) is 11.3. The molecule has 7 heteroatoms. The van der Waals surface area contributed by atoms with Crippen LogP contribution in [0.25, 0.3) is 0 Å². The van der Waals surface area contributed by atoms with Crippen LogP contribution in [0.4, 0.5) is 0 Å². The smallest absolute Gasteiger partial charge is 0.214 e. The normalized spacial score (nSPS) is 18.0. The van der Waals surface area contributed by atoms with E-state index in [1.165, 1.54) is 4.31 Å². The highest BCUT2D eigenvalue weighted by atomic mass is 32.2. The van der Waals surface area contributed by atoms with Gasteiger partial charge in [-0.1, -0.05) is 5.16 Å². The third-order valence-corrected chi connectivity index (χ3v) is 5.00. The molecule has 1 saturated carbocycles. The maximum Gasteiger partial charge on any atom is 0.214 e. The van der Waals surface area contributed by atoms with Crippen LogP contribution in [0, 0.1) is 5.92 Å². The van der Waals surface area contributed by atoms with E-state index in [4.69, 9.17) is 10.9 Å². The van der Waals surface area contributed by atoms with Crippen molar-refractivity contribution >= 4 is 15.9 Å². The molecule has 0 saturated heterocycles. The Morgan fingerprint density at radius 1 is 1.53 bits per heavy atom. The van der Waals surface area contributed by atoms with Gasteiger partial charge in [0.25, 0.3) is 0 Å². The molecular formula is C10H21N3O3S. The predicted octanol–water partition coefficient (Wildman–Crippen LogP) is 0.573. The first-order valence-corrected chi connectivity index (χ1v) is 7.43. The minimum absolute atomic E-state index is 0.0530. The van der Waals surface area contributed by atoms with Crippen LogP contribution in [0.5, 0.6) is 0 Å². The van der Waals surface area contributed by atoms with Crippen LogP contribution >= 0.6 is 0 Å². The van der Waals surface area contributed by atoms with Crippen molar-refractivity contribution in [3.63, 3.8) is 0 Å². The van der Waals surface area contributed by atoms with Gasteiger partial charge in [-0.3, -0.25) is 0 Å². The fraction of sp³-hybridized carbons (Fsp3) is 0.900. The first kappa shape index (κ1) is 14.2. The van der Waals surface area contributed by atoms with Crippen molar-refractivity contribution in [1.82, 2.24) is 4.31 Å². The van der Waals surface area contributed by atoms with Gasteiger partial charge < -0.3 is 10.9 Å². The Bertz CT molecular complexity index is 374. The Hall–Kier alpha value is -0.820. The molecule has 0 atom stereocenters. The summed E-state index contributed by atoms with van der Waals surface area (Å²) in [5.41, 5.74) is 5.36. The Labute approximate surface area is 103 Å².